The van der Waals surface area contributed by atoms with Crippen LogP contribution in [0.4, 0.5) is 0 Å². The number of methoxy groups -OCH3 is 1. The summed E-state index contributed by atoms with van der Waals surface area (Å²) in [6.45, 7) is 3.77. The van der Waals surface area contributed by atoms with Crippen LogP contribution in [0, 0.1) is 0 Å². The average Bonchev–Trinajstić information content (AvgIpc) is 2.77. The number of ether oxygens (including phenoxy) is 3. The van der Waals surface area contributed by atoms with Crippen LogP contribution in [0.2, 0.25) is 0 Å². The predicted molar refractivity (Wildman–Crippen MR) is 88.2 cm³/mol. The summed E-state index contributed by atoms with van der Waals surface area (Å²) in [4.78, 5) is 15.7. The Labute approximate surface area is 137 Å². The highest BCUT2D eigenvalue weighted by Crippen LogP contribution is 2.37. The molecule has 0 saturated carbocycles. The monoisotopic (exact) mass is 322 g/mol. The number of rotatable bonds is 5. The van der Waals surface area contributed by atoms with Crippen LogP contribution in [-0.2, 0) is 11.3 Å². The van der Waals surface area contributed by atoms with E-state index in [-0.39, 0.29) is 11.9 Å². The third-order valence-electron chi connectivity index (χ3n) is 4.03. The van der Waals surface area contributed by atoms with E-state index in [0.717, 1.165) is 23.5 Å². The second kappa shape index (κ2) is 7.55. The van der Waals surface area contributed by atoms with Crippen molar-refractivity contribution in [2.24, 2.45) is 0 Å². The Morgan fingerprint density at radius 1 is 1.22 bits per heavy atom. The Morgan fingerprint density at radius 3 is 2.39 bits per heavy atom. The van der Waals surface area contributed by atoms with Gasteiger partial charge in [-0.3, -0.25) is 9.69 Å². The minimum atomic E-state index is -0.217. The molecule has 0 unspecified atom stereocenters. The van der Waals surface area contributed by atoms with Crippen LogP contribution in [-0.4, -0.2) is 63.2 Å². The van der Waals surface area contributed by atoms with E-state index in [4.69, 9.17) is 14.2 Å². The van der Waals surface area contributed by atoms with E-state index >= 15 is 0 Å². The maximum atomic E-state index is 12.1. The molecule has 1 atom stereocenters. The van der Waals surface area contributed by atoms with Gasteiger partial charge < -0.3 is 19.1 Å². The van der Waals surface area contributed by atoms with Crippen molar-refractivity contribution >= 4 is 5.91 Å². The zero-order valence-corrected chi connectivity index (χ0v) is 14.6. The minimum Gasteiger partial charge on any atom is -0.496 e. The zero-order valence-electron chi connectivity index (χ0n) is 14.6. The first-order chi connectivity index (χ1) is 10.9. The fourth-order valence-electron chi connectivity index (χ4n) is 2.51. The maximum absolute atomic E-state index is 12.1. The Hall–Kier alpha value is -1.95. The van der Waals surface area contributed by atoms with Crippen LogP contribution >= 0.6 is 0 Å². The molecule has 128 valence electrons. The quantitative estimate of drug-likeness (QED) is 0.827. The molecule has 0 spiro atoms. The molecule has 1 aliphatic rings. The lowest BCUT2D eigenvalue weighted by atomic mass is 10.1. The smallest absolute Gasteiger partial charge is 0.239 e. The molecular formula is C17H26N2O4. The summed E-state index contributed by atoms with van der Waals surface area (Å²) in [6, 6.07) is 3.59. The Morgan fingerprint density at radius 2 is 1.83 bits per heavy atom. The predicted octanol–water partition coefficient (Wildman–Crippen LogP) is 1.76. The number of benzene rings is 1. The molecule has 0 N–H and O–H groups in total. The first-order valence-electron chi connectivity index (χ1n) is 7.82. The standard InChI is InChI=1S/C17H26N2O4/c1-12(17(20)18(2)3)19(4)11-13-9-15-16(10-14(13)21-5)23-8-6-7-22-15/h9-10,12H,6-8,11H2,1-5H3/t12-/m0/s1. The van der Waals surface area contributed by atoms with Crippen molar-refractivity contribution < 1.29 is 19.0 Å². The number of nitrogens with zero attached hydrogens (tertiary/aromatic N) is 2. The van der Waals surface area contributed by atoms with Gasteiger partial charge in [0.25, 0.3) is 0 Å². The van der Waals surface area contributed by atoms with Crippen molar-refractivity contribution in [1.82, 2.24) is 9.80 Å². The summed E-state index contributed by atoms with van der Waals surface area (Å²) in [5, 5.41) is 0. The second-order valence-electron chi connectivity index (χ2n) is 5.99. The van der Waals surface area contributed by atoms with Crippen LogP contribution in [0.5, 0.6) is 17.2 Å². The van der Waals surface area contributed by atoms with Crippen molar-refractivity contribution in [2.75, 3.05) is 41.5 Å². The molecule has 2 rings (SSSR count). The molecule has 1 aliphatic heterocycles. The molecule has 0 saturated heterocycles. The summed E-state index contributed by atoms with van der Waals surface area (Å²) in [5.74, 6) is 2.26. The first kappa shape index (κ1) is 17.4. The van der Waals surface area contributed by atoms with Crippen molar-refractivity contribution in [3.05, 3.63) is 17.7 Å². The molecule has 1 heterocycles. The van der Waals surface area contributed by atoms with Gasteiger partial charge in [0.2, 0.25) is 5.91 Å². The molecule has 0 bridgehead atoms. The van der Waals surface area contributed by atoms with Gasteiger partial charge in [0.05, 0.1) is 26.4 Å². The fraction of sp³-hybridized carbons (Fsp3) is 0.588. The van der Waals surface area contributed by atoms with E-state index < -0.39 is 0 Å². The van der Waals surface area contributed by atoms with E-state index in [9.17, 15) is 4.79 Å². The molecule has 23 heavy (non-hydrogen) atoms. The number of amides is 1. The maximum Gasteiger partial charge on any atom is 0.239 e. The number of carbonyl (C=O) groups excluding carboxylic acids is 1. The second-order valence-corrected chi connectivity index (χ2v) is 5.99. The first-order valence-corrected chi connectivity index (χ1v) is 7.82. The van der Waals surface area contributed by atoms with Gasteiger partial charge in [0.1, 0.15) is 5.75 Å². The lowest BCUT2D eigenvalue weighted by molar-refractivity contribution is -0.133. The highest BCUT2D eigenvalue weighted by molar-refractivity contribution is 5.80. The molecule has 0 aromatic heterocycles. The minimum absolute atomic E-state index is 0.0702. The average molecular weight is 322 g/mol. The van der Waals surface area contributed by atoms with Gasteiger partial charge in [-0.2, -0.15) is 0 Å². The third-order valence-corrected chi connectivity index (χ3v) is 4.03. The van der Waals surface area contributed by atoms with Crippen molar-refractivity contribution in [1.29, 1.82) is 0 Å². The summed E-state index contributed by atoms with van der Waals surface area (Å²) >= 11 is 0. The van der Waals surface area contributed by atoms with E-state index in [1.54, 1.807) is 26.1 Å². The molecule has 0 fully saturated rings. The number of hydrogen-bond acceptors (Lipinski definition) is 5. The van der Waals surface area contributed by atoms with Gasteiger partial charge in [0.15, 0.2) is 11.5 Å². The molecule has 1 aromatic rings. The van der Waals surface area contributed by atoms with Gasteiger partial charge in [-0.05, 0) is 20.0 Å². The van der Waals surface area contributed by atoms with E-state index in [1.165, 1.54) is 0 Å². The van der Waals surface area contributed by atoms with E-state index in [0.29, 0.717) is 25.5 Å². The SMILES string of the molecule is COc1cc2c(cc1CN(C)[C@@H](C)C(=O)N(C)C)OCCCO2. The number of likely N-dealkylation sites (N-methyl/N-ethyl adjacent to an activating group) is 2. The highest BCUT2D eigenvalue weighted by Gasteiger charge is 2.22. The Kier molecular flexibility index (Phi) is 5.71. The Bertz CT molecular complexity index is 560. The van der Waals surface area contributed by atoms with E-state index in [2.05, 4.69) is 0 Å². The summed E-state index contributed by atoms with van der Waals surface area (Å²) in [5.41, 5.74) is 0.970. The fourth-order valence-corrected chi connectivity index (χ4v) is 2.51. The van der Waals surface area contributed by atoms with Gasteiger partial charge in [-0.1, -0.05) is 0 Å². The normalized spacial score (nSPS) is 15.0. The van der Waals surface area contributed by atoms with Gasteiger partial charge in [-0.25, -0.2) is 0 Å². The van der Waals surface area contributed by atoms with Crippen LogP contribution < -0.4 is 14.2 Å². The van der Waals surface area contributed by atoms with Crippen molar-refractivity contribution in [3.8, 4) is 17.2 Å². The summed E-state index contributed by atoms with van der Waals surface area (Å²) in [6.07, 6.45) is 0.862. The summed E-state index contributed by atoms with van der Waals surface area (Å²) in [7, 11) is 7.09. The third kappa shape index (κ3) is 4.07. The molecular weight excluding hydrogens is 296 g/mol. The molecule has 6 nitrogen and oxygen atoms in total. The van der Waals surface area contributed by atoms with Crippen molar-refractivity contribution in [2.45, 2.75) is 25.9 Å². The van der Waals surface area contributed by atoms with Crippen LogP contribution in [0.15, 0.2) is 12.1 Å². The van der Waals surface area contributed by atoms with Crippen molar-refractivity contribution in [3.63, 3.8) is 0 Å². The molecule has 1 aromatic carbocycles. The number of fused-ring (bicyclic) bond motifs is 1. The zero-order chi connectivity index (χ0) is 17.0. The van der Waals surface area contributed by atoms with Crippen LogP contribution in [0.25, 0.3) is 0 Å². The lowest BCUT2D eigenvalue weighted by Crippen LogP contribution is -2.42. The number of hydrogen-bond donors (Lipinski definition) is 0. The van der Waals surface area contributed by atoms with Crippen LogP contribution in [0.3, 0.4) is 0 Å². The van der Waals surface area contributed by atoms with Crippen LogP contribution in [0.1, 0.15) is 18.9 Å². The van der Waals surface area contributed by atoms with Gasteiger partial charge >= 0.3 is 0 Å². The lowest BCUT2D eigenvalue weighted by Gasteiger charge is -2.27. The highest BCUT2D eigenvalue weighted by atomic mass is 16.5. The van der Waals surface area contributed by atoms with Gasteiger partial charge in [0, 0.05) is 38.7 Å². The largest absolute Gasteiger partial charge is 0.496 e. The topological polar surface area (TPSA) is 51.2 Å². The van der Waals surface area contributed by atoms with Gasteiger partial charge in [-0.15, -0.1) is 0 Å². The molecule has 1 amide bonds. The molecule has 0 radical (unpaired) electrons. The summed E-state index contributed by atoms with van der Waals surface area (Å²) < 4.78 is 16.9. The van der Waals surface area contributed by atoms with E-state index in [1.807, 2.05) is 31.0 Å². The molecule has 6 heteroatoms. The number of carbonyl (C=O) groups is 1. The Balaban J connectivity index is 2.21. The molecule has 0 aliphatic carbocycles.